The van der Waals surface area contributed by atoms with Crippen LogP contribution in [0.1, 0.15) is 28.6 Å². The van der Waals surface area contributed by atoms with Crippen molar-refractivity contribution >= 4 is 22.9 Å². The maximum absolute atomic E-state index is 13.4. The van der Waals surface area contributed by atoms with Crippen molar-refractivity contribution < 1.29 is 13.6 Å². The molecule has 19 heavy (non-hydrogen) atoms. The van der Waals surface area contributed by atoms with Crippen molar-refractivity contribution in [2.24, 2.45) is 0 Å². The Morgan fingerprint density at radius 1 is 1.32 bits per heavy atom. The van der Waals surface area contributed by atoms with Crippen molar-refractivity contribution in [3.63, 3.8) is 0 Å². The second kappa shape index (κ2) is 5.93. The number of rotatable bonds is 4. The fraction of sp³-hybridized carbons (Fsp3) is 0.214. The highest BCUT2D eigenvalue weighted by atomic mass is 32.1. The molecule has 0 saturated carbocycles. The number of thiophene rings is 1. The van der Waals surface area contributed by atoms with Crippen LogP contribution in [-0.4, -0.2) is 5.91 Å². The van der Waals surface area contributed by atoms with E-state index in [-0.39, 0.29) is 5.69 Å². The number of aryl methyl sites for hydroxylation is 1. The van der Waals surface area contributed by atoms with Gasteiger partial charge in [-0.2, -0.15) is 0 Å². The zero-order chi connectivity index (χ0) is 13.8. The van der Waals surface area contributed by atoms with Crippen molar-refractivity contribution in [2.45, 2.75) is 19.8 Å². The van der Waals surface area contributed by atoms with Crippen LogP contribution in [0, 0.1) is 11.6 Å². The summed E-state index contributed by atoms with van der Waals surface area (Å²) in [5.74, 6) is -1.67. The number of hydrogen-bond donors (Lipinski definition) is 1. The smallest absolute Gasteiger partial charge is 0.256 e. The molecule has 0 radical (unpaired) electrons. The number of nitrogens with one attached hydrogen (secondary N) is 1. The highest BCUT2D eigenvalue weighted by Crippen LogP contribution is 2.20. The second-order valence-electron chi connectivity index (χ2n) is 4.13. The molecule has 1 amide bonds. The van der Waals surface area contributed by atoms with E-state index in [1.807, 2.05) is 0 Å². The number of amides is 1. The topological polar surface area (TPSA) is 29.1 Å². The Balaban J connectivity index is 2.13. The Hall–Kier alpha value is -1.75. The van der Waals surface area contributed by atoms with Gasteiger partial charge in [-0.25, -0.2) is 8.78 Å². The summed E-state index contributed by atoms with van der Waals surface area (Å²) in [7, 11) is 0. The van der Waals surface area contributed by atoms with Gasteiger partial charge >= 0.3 is 0 Å². The van der Waals surface area contributed by atoms with Gasteiger partial charge in [0.2, 0.25) is 0 Å². The van der Waals surface area contributed by atoms with Crippen LogP contribution < -0.4 is 5.32 Å². The Morgan fingerprint density at radius 2 is 2.11 bits per heavy atom. The zero-order valence-corrected chi connectivity index (χ0v) is 11.2. The summed E-state index contributed by atoms with van der Waals surface area (Å²) in [5, 5.41) is 4.10. The number of halogens is 2. The SMILES string of the molecule is CCCc1cc(C(=O)Nc2cc(F)ccc2F)cs1. The molecule has 1 heterocycles. The Bertz CT molecular complexity index is 595. The summed E-state index contributed by atoms with van der Waals surface area (Å²) < 4.78 is 26.4. The van der Waals surface area contributed by atoms with E-state index in [4.69, 9.17) is 0 Å². The lowest BCUT2D eigenvalue weighted by molar-refractivity contribution is 0.102. The van der Waals surface area contributed by atoms with Gasteiger partial charge in [-0.15, -0.1) is 11.3 Å². The lowest BCUT2D eigenvalue weighted by atomic mass is 10.2. The molecule has 2 nitrogen and oxygen atoms in total. The molecule has 2 aromatic rings. The van der Waals surface area contributed by atoms with Gasteiger partial charge in [0.1, 0.15) is 11.6 Å². The second-order valence-corrected chi connectivity index (χ2v) is 5.13. The number of hydrogen-bond acceptors (Lipinski definition) is 2. The summed E-state index contributed by atoms with van der Waals surface area (Å²) in [6.45, 7) is 2.06. The molecule has 2 rings (SSSR count). The third kappa shape index (κ3) is 3.38. The zero-order valence-electron chi connectivity index (χ0n) is 10.4. The van der Waals surface area contributed by atoms with E-state index in [0.717, 1.165) is 35.9 Å². The van der Waals surface area contributed by atoms with Gasteiger partial charge in [0.05, 0.1) is 11.3 Å². The van der Waals surface area contributed by atoms with E-state index in [1.54, 1.807) is 11.4 Å². The van der Waals surface area contributed by atoms with Crippen molar-refractivity contribution in [2.75, 3.05) is 5.32 Å². The van der Waals surface area contributed by atoms with Gasteiger partial charge in [0.25, 0.3) is 5.91 Å². The standard InChI is InChI=1S/C14H13F2NOS/c1-2-3-11-6-9(8-19-11)14(18)17-13-7-10(15)4-5-12(13)16/h4-8H,2-3H2,1H3,(H,17,18). The molecule has 0 aliphatic heterocycles. The minimum absolute atomic E-state index is 0.145. The van der Waals surface area contributed by atoms with Crippen LogP contribution in [0.3, 0.4) is 0 Å². The summed E-state index contributed by atoms with van der Waals surface area (Å²) in [6, 6.07) is 4.74. The van der Waals surface area contributed by atoms with E-state index >= 15 is 0 Å². The third-order valence-corrected chi connectivity index (χ3v) is 3.59. The molecule has 0 bridgehead atoms. The fourth-order valence-electron chi connectivity index (χ4n) is 1.66. The maximum atomic E-state index is 13.4. The minimum Gasteiger partial charge on any atom is -0.319 e. The average Bonchev–Trinajstić information content (AvgIpc) is 2.83. The van der Waals surface area contributed by atoms with Crippen LogP contribution in [0.15, 0.2) is 29.6 Å². The average molecular weight is 281 g/mol. The normalized spacial score (nSPS) is 10.5. The summed E-state index contributed by atoms with van der Waals surface area (Å²) in [6.07, 6.45) is 1.91. The first kappa shape index (κ1) is 13.7. The monoisotopic (exact) mass is 281 g/mol. The van der Waals surface area contributed by atoms with Crippen molar-refractivity contribution in [1.82, 2.24) is 0 Å². The van der Waals surface area contributed by atoms with Crippen LogP contribution in [-0.2, 0) is 6.42 Å². The van der Waals surface area contributed by atoms with Gasteiger partial charge in [-0.05, 0) is 24.6 Å². The first-order chi connectivity index (χ1) is 9.10. The molecule has 1 aromatic carbocycles. The largest absolute Gasteiger partial charge is 0.319 e. The molecule has 0 atom stereocenters. The first-order valence-electron chi connectivity index (χ1n) is 5.94. The first-order valence-corrected chi connectivity index (χ1v) is 6.82. The Kier molecular flexibility index (Phi) is 4.27. The molecular formula is C14H13F2NOS. The molecular weight excluding hydrogens is 268 g/mol. The lowest BCUT2D eigenvalue weighted by Gasteiger charge is -2.05. The number of carbonyl (C=O) groups excluding carboxylic acids is 1. The lowest BCUT2D eigenvalue weighted by Crippen LogP contribution is -2.12. The highest BCUT2D eigenvalue weighted by Gasteiger charge is 2.12. The van der Waals surface area contributed by atoms with Gasteiger partial charge in [-0.3, -0.25) is 4.79 Å². The molecule has 0 aliphatic carbocycles. The predicted molar refractivity (Wildman–Crippen MR) is 72.6 cm³/mol. The molecule has 1 N–H and O–H groups in total. The number of carbonyl (C=O) groups is 1. The summed E-state index contributed by atoms with van der Waals surface area (Å²) in [5.41, 5.74) is 0.324. The van der Waals surface area contributed by atoms with Crippen LogP contribution >= 0.6 is 11.3 Å². The molecule has 100 valence electrons. The summed E-state index contributed by atoms with van der Waals surface area (Å²) in [4.78, 5) is 13.0. The quantitative estimate of drug-likeness (QED) is 0.892. The minimum atomic E-state index is -0.654. The van der Waals surface area contributed by atoms with Crippen LogP contribution in [0.4, 0.5) is 14.5 Å². The molecule has 0 aliphatic rings. The molecule has 0 fully saturated rings. The van der Waals surface area contributed by atoms with Gasteiger partial charge in [0, 0.05) is 16.3 Å². The molecule has 0 saturated heterocycles. The van der Waals surface area contributed by atoms with Crippen LogP contribution in [0.5, 0.6) is 0 Å². The van der Waals surface area contributed by atoms with E-state index in [2.05, 4.69) is 12.2 Å². The fourth-order valence-corrected chi connectivity index (χ4v) is 2.64. The molecule has 0 unspecified atom stereocenters. The van der Waals surface area contributed by atoms with Gasteiger partial charge in [0.15, 0.2) is 0 Å². The van der Waals surface area contributed by atoms with E-state index < -0.39 is 17.5 Å². The molecule has 1 aromatic heterocycles. The van der Waals surface area contributed by atoms with E-state index in [9.17, 15) is 13.6 Å². The van der Waals surface area contributed by atoms with Crippen molar-refractivity contribution in [3.05, 3.63) is 51.7 Å². The van der Waals surface area contributed by atoms with E-state index in [1.165, 1.54) is 11.3 Å². The summed E-state index contributed by atoms with van der Waals surface area (Å²) >= 11 is 1.49. The highest BCUT2D eigenvalue weighted by molar-refractivity contribution is 7.10. The van der Waals surface area contributed by atoms with Crippen LogP contribution in [0.2, 0.25) is 0 Å². The van der Waals surface area contributed by atoms with Crippen molar-refractivity contribution in [1.29, 1.82) is 0 Å². The van der Waals surface area contributed by atoms with Crippen molar-refractivity contribution in [3.8, 4) is 0 Å². The maximum Gasteiger partial charge on any atom is 0.256 e. The van der Waals surface area contributed by atoms with Gasteiger partial charge < -0.3 is 5.32 Å². The third-order valence-electron chi connectivity index (χ3n) is 2.59. The predicted octanol–water partition coefficient (Wildman–Crippen LogP) is 4.23. The van der Waals surface area contributed by atoms with Gasteiger partial charge in [-0.1, -0.05) is 13.3 Å². The number of anilines is 1. The Labute approximate surface area is 114 Å². The molecule has 5 heteroatoms. The molecule has 0 spiro atoms. The van der Waals surface area contributed by atoms with E-state index in [0.29, 0.717) is 5.56 Å². The van der Waals surface area contributed by atoms with Crippen LogP contribution in [0.25, 0.3) is 0 Å². The number of benzene rings is 1. The Morgan fingerprint density at radius 3 is 2.84 bits per heavy atom.